The molecule has 0 aromatic carbocycles. The fourth-order valence-corrected chi connectivity index (χ4v) is 4.24. The van der Waals surface area contributed by atoms with Crippen LogP contribution in [0.1, 0.15) is 52.4 Å². The molecular weight excluding hydrogens is 479 g/mol. The number of guanidine groups is 1. The zero-order valence-corrected chi connectivity index (χ0v) is 20.6. The highest BCUT2D eigenvalue weighted by atomic mass is 127. The average Bonchev–Trinajstić information content (AvgIpc) is 3.10. The minimum Gasteiger partial charge on any atom is -0.385 e. The number of ether oxygens (including phenoxy) is 1. The molecule has 0 radical (unpaired) electrons. The van der Waals surface area contributed by atoms with Gasteiger partial charge in [0.15, 0.2) is 5.96 Å². The molecule has 1 rings (SSSR count). The van der Waals surface area contributed by atoms with E-state index in [1.165, 1.54) is 30.0 Å². The molecule has 0 bridgehead atoms. The summed E-state index contributed by atoms with van der Waals surface area (Å²) in [4.78, 5) is 4.81. The smallest absolute Gasteiger partial charge is 0.213 e. The highest BCUT2D eigenvalue weighted by Gasteiger charge is 2.33. The van der Waals surface area contributed by atoms with E-state index in [-0.39, 0.29) is 35.1 Å². The topological polar surface area (TPSA) is 83.0 Å². The van der Waals surface area contributed by atoms with Crippen molar-refractivity contribution in [1.29, 1.82) is 0 Å². The Morgan fingerprint density at radius 1 is 1.22 bits per heavy atom. The third-order valence-electron chi connectivity index (χ3n) is 5.20. The molecule has 0 aliphatic heterocycles. The van der Waals surface area contributed by atoms with E-state index in [9.17, 15) is 8.42 Å². The molecule has 1 saturated carbocycles. The zero-order chi connectivity index (χ0) is 19.5. The van der Waals surface area contributed by atoms with Crippen molar-refractivity contribution in [2.45, 2.75) is 52.4 Å². The van der Waals surface area contributed by atoms with Crippen molar-refractivity contribution in [2.24, 2.45) is 10.4 Å². The van der Waals surface area contributed by atoms with Crippen molar-refractivity contribution in [3.05, 3.63) is 0 Å². The lowest BCUT2D eigenvalue weighted by molar-refractivity contribution is 0.141. The van der Waals surface area contributed by atoms with Gasteiger partial charge in [-0.2, -0.15) is 0 Å². The molecule has 0 amide bonds. The Morgan fingerprint density at radius 3 is 2.44 bits per heavy atom. The molecule has 7 nitrogen and oxygen atoms in total. The molecule has 9 heteroatoms. The van der Waals surface area contributed by atoms with Gasteiger partial charge < -0.3 is 15.4 Å². The predicted octanol–water partition coefficient (Wildman–Crippen LogP) is 2.43. The maximum Gasteiger partial charge on any atom is 0.213 e. The van der Waals surface area contributed by atoms with Crippen LogP contribution in [0.3, 0.4) is 0 Å². The van der Waals surface area contributed by atoms with Crippen molar-refractivity contribution >= 4 is 40.0 Å². The molecule has 1 aliphatic carbocycles. The van der Waals surface area contributed by atoms with Crippen LogP contribution >= 0.6 is 24.0 Å². The molecule has 2 N–H and O–H groups in total. The number of hydrogen-bond donors (Lipinski definition) is 2. The number of rotatable bonds is 12. The van der Waals surface area contributed by atoms with E-state index in [1.54, 1.807) is 21.1 Å². The van der Waals surface area contributed by atoms with Crippen molar-refractivity contribution in [3.8, 4) is 0 Å². The van der Waals surface area contributed by atoms with Crippen molar-refractivity contribution in [3.63, 3.8) is 0 Å². The average molecular weight is 519 g/mol. The molecule has 1 fully saturated rings. The van der Waals surface area contributed by atoms with Gasteiger partial charge in [0.05, 0.1) is 5.75 Å². The normalized spacial score (nSPS) is 17.0. The highest BCUT2D eigenvalue weighted by molar-refractivity contribution is 14.0. The van der Waals surface area contributed by atoms with E-state index >= 15 is 0 Å². The number of halogens is 1. The van der Waals surface area contributed by atoms with Crippen LogP contribution in [0.15, 0.2) is 4.99 Å². The van der Waals surface area contributed by atoms with E-state index in [0.29, 0.717) is 13.1 Å². The predicted molar refractivity (Wildman–Crippen MR) is 123 cm³/mol. The minimum atomic E-state index is -3.10. The lowest BCUT2D eigenvalue weighted by Gasteiger charge is -2.27. The zero-order valence-electron chi connectivity index (χ0n) is 17.4. The second-order valence-electron chi connectivity index (χ2n) is 7.15. The largest absolute Gasteiger partial charge is 0.385 e. The van der Waals surface area contributed by atoms with Gasteiger partial charge in [0.1, 0.15) is 0 Å². The molecule has 0 aromatic heterocycles. The maximum absolute atomic E-state index is 11.8. The van der Waals surface area contributed by atoms with Gasteiger partial charge in [-0.15, -0.1) is 24.0 Å². The number of nitrogens with one attached hydrogen (secondary N) is 2. The molecule has 0 spiro atoms. The molecule has 0 aromatic rings. The van der Waals surface area contributed by atoms with Crippen LogP contribution < -0.4 is 10.6 Å². The van der Waals surface area contributed by atoms with Crippen LogP contribution in [0.25, 0.3) is 0 Å². The van der Waals surface area contributed by atoms with Gasteiger partial charge in [-0.05, 0) is 44.9 Å². The second-order valence-corrected chi connectivity index (χ2v) is 9.51. The van der Waals surface area contributed by atoms with Crippen LogP contribution in [0.2, 0.25) is 0 Å². The lowest BCUT2D eigenvalue weighted by atomic mass is 9.83. The van der Waals surface area contributed by atoms with Gasteiger partial charge >= 0.3 is 0 Å². The Balaban J connectivity index is 0.00000676. The second kappa shape index (κ2) is 13.9. The number of sulfonamides is 1. The van der Waals surface area contributed by atoms with E-state index in [2.05, 4.69) is 17.6 Å². The first-order chi connectivity index (χ1) is 12.4. The number of nitrogens with zero attached hydrogens (tertiary/aromatic N) is 2. The molecule has 162 valence electrons. The number of hydrogen-bond acceptors (Lipinski definition) is 4. The van der Waals surface area contributed by atoms with E-state index in [0.717, 1.165) is 38.5 Å². The van der Waals surface area contributed by atoms with Gasteiger partial charge in [-0.3, -0.25) is 4.99 Å². The highest BCUT2D eigenvalue weighted by Crippen LogP contribution is 2.41. The molecule has 1 aliphatic rings. The monoisotopic (exact) mass is 518 g/mol. The first-order valence-electron chi connectivity index (χ1n) is 9.84. The molecule has 27 heavy (non-hydrogen) atoms. The molecule has 0 atom stereocenters. The van der Waals surface area contributed by atoms with Gasteiger partial charge in [0, 0.05) is 46.9 Å². The summed E-state index contributed by atoms with van der Waals surface area (Å²) in [6.45, 7) is 7.34. The SMILES string of the molecule is CCNC(=NCC1(CCOC)CCCC1)NCCCN(C)S(=O)(=O)CC.I. The fraction of sp³-hybridized carbons (Fsp3) is 0.944. The van der Waals surface area contributed by atoms with Gasteiger partial charge in [-0.1, -0.05) is 12.8 Å². The Hall–Kier alpha value is -0.130. The Morgan fingerprint density at radius 2 is 1.89 bits per heavy atom. The Kier molecular flexibility index (Phi) is 13.9. The van der Waals surface area contributed by atoms with Gasteiger partial charge in [-0.25, -0.2) is 12.7 Å². The van der Waals surface area contributed by atoms with E-state index < -0.39 is 10.0 Å². The first kappa shape index (κ1) is 26.9. The maximum atomic E-state index is 11.8. The molecule has 0 heterocycles. The van der Waals surface area contributed by atoms with Crippen LogP contribution in [-0.4, -0.2) is 71.4 Å². The van der Waals surface area contributed by atoms with E-state index in [4.69, 9.17) is 9.73 Å². The summed E-state index contributed by atoms with van der Waals surface area (Å²) in [5, 5.41) is 6.61. The van der Waals surface area contributed by atoms with Crippen molar-refractivity contribution in [1.82, 2.24) is 14.9 Å². The van der Waals surface area contributed by atoms with Crippen LogP contribution in [-0.2, 0) is 14.8 Å². The van der Waals surface area contributed by atoms with Gasteiger partial charge in [0.2, 0.25) is 10.0 Å². The number of methoxy groups -OCH3 is 1. The summed E-state index contributed by atoms with van der Waals surface area (Å²) >= 11 is 0. The van der Waals surface area contributed by atoms with Crippen molar-refractivity contribution < 1.29 is 13.2 Å². The van der Waals surface area contributed by atoms with Crippen LogP contribution in [0, 0.1) is 5.41 Å². The van der Waals surface area contributed by atoms with Crippen molar-refractivity contribution in [2.75, 3.05) is 52.7 Å². The quantitative estimate of drug-likeness (QED) is 0.180. The Bertz CT molecular complexity index is 523. The summed E-state index contributed by atoms with van der Waals surface area (Å²) in [6.07, 6.45) is 6.81. The van der Waals surface area contributed by atoms with Crippen LogP contribution in [0.4, 0.5) is 0 Å². The summed E-state index contributed by atoms with van der Waals surface area (Å²) < 4.78 is 30.2. The van der Waals surface area contributed by atoms with E-state index in [1.807, 2.05) is 0 Å². The fourth-order valence-electron chi connectivity index (χ4n) is 3.39. The lowest BCUT2D eigenvalue weighted by Crippen LogP contribution is -2.40. The molecular formula is C18H39IN4O3S. The third-order valence-corrected chi connectivity index (χ3v) is 7.06. The number of aliphatic imine (C=N–C) groups is 1. The third kappa shape index (κ3) is 9.76. The molecule has 0 unspecified atom stereocenters. The summed E-state index contributed by atoms with van der Waals surface area (Å²) in [5.41, 5.74) is 0.272. The minimum absolute atomic E-state index is 0. The summed E-state index contributed by atoms with van der Waals surface area (Å²) in [7, 11) is 0.294. The standard InChI is InChI=1S/C18H38N4O3S.HI/c1-5-19-17(20-13-9-14-22(3)26(23,24)6-2)21-16-18(12-15-25-4)10-7-8-11-18;/h5-16H2,1-4H3,(H2,19,20,21);1H. The van der Waals surface area contributed by atoms with Crippen LogP contribution in [0.5, 0.6) is 0 Å². The Labute approximate surface area is 183 Å². The van der Waals surface area contributed by atoms with Gasteiger partial charge in [0.25, 0.3) is 0 Å². The molecule has 0 saturated heterocycles. The first-order valence-corrected chi connectivity index (χ1v) is 11.4. The summed E-state index contributed by atoms with van der Waals surface area (Å²) in [6, 6.07) is 0. The summed E-state index contributed by atoms with van der Waals surface area (Å²) in [5.74, 6) is 0.960.